The number of unbranched alkanes of at least 4 members (excludes halogenated alkanes) is 5. The molecule has 43 heavy (non-hydrogen) atoms. The quantitative estimate of drug-likeness (QED) is 0.0778. The van der Waals surface area contributed by atoms with E-state index in [2.05, 4.69) is 6.92 Å². The smallest absolute Gasteiger partial charge is 0.187 e. The Morgan fingerprint density at radius 3 is 1.77 bits per heavy atom. The fourth-order valence-corrected chi connectivity index (χ4v) is 5.53. The van der Waals surface area contributed by atoms with Gasteiger partial charge in [-0.2, -0.15) is 0 Å². The molecule has 0 bridgehead atoms. The Morgan fingerprint density at radius 2 is 1.14 bits per heavy atom. The molecule has 0 saturated carbocycles. The highest BCUT2D eigenvalue weighted by Crippen LogP contribution is 2.38. The van der Waals surface area contributed by atoms with E-state index in [0.717, 1.165) is 32.1 Å². The molecule has 254 valence electrons. The largest absolute Gasteiger partial charge is 0.394 e. The predicted molar refractivity (Wildman–Crippen MR) is 143 cm³/mol. The van der Waals surface area contributed by atoms with E-state index in [4.69, 9.17) is 28.4 Å². The molecule has 0 aliphatic carbocycles. The van der Waals surface area contributed by atoms with Crippen LogP contribution in [0.1, 0.15) is 52.4 Å². The maximum absolute atomic E-state index is 11.3. The van der Waals surface area contributed by atoms with Gasteiger partial charge in [0.1, 0.15) is 72.7 Å². The van der Waals surface area contributed by atoms with E-state index in [1.54, 1.807) is 0 Å². The van der Waals surface area contributed by atoms with Gasteiger partial charge in [-0.15, -0.1) is 0 Å². The summed E-state index contributed by atoms with van der Waals surface area (Å²) in [4.78, 5) is 0. The third kappa shape index (κ3) is 8.40. The Morgan fingerprint density at radius 1 is 0.581 bits per heavy atom. The van der Waals surface area contributed by atoms with Crippen LogP contribution >= 0.6 is 0 Å². The summed E-state index contributed by atoms with van der Waals surface area (Å²) in [5, 5.41) is 104. The minimum absolute atomic E-state index is 0.248. The van der Waals surface area contributed by atoms with E-state index in [0.29, 0.717) is 6.42 Å². The van der Waals surface area contributed by atoms with Gasteiger partial charge in [-0.3, -0.25) is 0 Å². The minimum atomic E-state index is -2.14. The predicted octanol–water partition coefficient (Wildman–Crippen LogP) is -3.80. The normalized spacial score (nSPS) is 45.8. The lowest BCUT2D eigenvalue weighted by Gasteiger charge is -2.52. The second-order valence-electron chi connectivity index (χ2n) is 11.6. The lowest BCUT2D eigenvalue weighted by molar-refractivity contribution is -0.402. The fraction of sp³-hybridized carbons (Fsp3) is 1.00. The molecule has 16 heteroatoms. The van der Waals surface area contributed by atoms with E-state index >= 15 is 0 Å². The molecule has 3 rings (SSSR count). The second-order valence-corrected chi connectivity index (χ2v) is 11.6. The van der Waals surface area contributed by atoms with Gasteiger partial charge in [0.2, 0.25) is 0 Å². The first-order chi connectivity index (χ1) is 20.4. The molecule has 0 amide bonds. The number of hydrogen-bond donors (Lipinski definition) is 10. The molecule has 15 atom stereocenters. The second kappa shape index (κ2) is 16.8. The molecule has 3 saturated heterocycles. The Balaban J connectivity index is 1.70. The first kappa shape index (κ1) is 36.8. The molecule has 0 aromatic heterocycles. The number of hydrogen-bond acceptors (Lipinski definition) is 16. The number of aliphatic hydroxyl groups excluding tert-OH is 10. The van der Waals surface area contributed by atoms with Crippen LogP contribution in [0.3, 0.4) is 0 Å². The van der Waals surface area contributed by atoms with Crippen LogP contribution < -0.4 is 0 Å². The Labute approximate surface area is 250 Å². The van der Waals surface area contributed by atoms with Crippen LogP contribution in [0.15, 0.2) is 0 Å². The van der Waals surface area contributed by atoms with Gasteiger partial charge in [0.25, 0.3) is 0 Å². The van der Waals surface area contributed by atoms with Crippen LogP contribution in [0.5, 0.6) is 0 Å². The SMILES string of the molecule is CCCCCCCCO[C@@H]1O[C@H](CO)[C@@H](O[C@@H]2O[C@H](CO)[C@H](O)[C@](C)(O[C@H]3O[C@H](CO)[C@H](O)[C@H](O)[C@H]3O)[C@H]2O)[C@H](O)[C@H]1O. The van der Waals surface area contributed by atoms with Gasteiger partial charge in [-0.1, -0.05) is 39.0 Å². The summed E-state index contributed by atoms with van der Waals surface area (Å²) < 4.78 is 33.7. The molecule has 0 unspecified atom stereocenters. The molecule has 0 radical (unpaired) electrons. The summed E-state index contributed by atoms with van der Waals surface area (Å²) in [5.41, 5.74) is -2.14. The first-order valence-corrected chi connectivity index (χ1v) is 14.9. The highest BCUT2D eigenvalue weighted by atomic mass is 16.8. The lowest BCUT2D eigenvalue weighted by atomic mass is 9.85. The van der Waals surface area contributed by atoms with Crippen molar-refractivity contribution in [3.05, 3.63) is 0 Å². The Bertz CT molecular complexity index is 805. The highest BCUT2D eigenvalue weighted by Gasteiger charge is 2.59. The maximum atomic E-state index is 11.3. The van der Waals surface area contributed by atoms with Crippen molar-refractivity contribution < 1.29 is 79.5 Å². The van der Waals surface area contributed by atoms with Crippen LogP contribution in [0.25, 0.3) is 0 Å². The molecule has 0 aromatic rings. The third-order valence-corrected chi connectivity index (χ3v) is 8.38. The maximum Gasteiger partial charge on any atom is 0.187 e. The van der Waals surface area contributed by atoms with Crippen molar-refractivity contribution in [2.45, 2.75) is 144 Å². The third-order valence-electron chi connectivity index (χ3n) is 8.38. The lowest BCUT2D eigenvalue weighted by Crippen LogP contribution is -2.71. The van der Waals surface area contributed by atoms with E-state index in [1.807, 2.05) is 0 Å². The molecular formula is C27H50O16. The average Bonchev–Trinajstić information content (AvgIpc) is 3.00. The summed E-state index contributed by atoms with van der Waals surface area (Å²) in [7, 11) is 0. The molecular weight excluding hydrogens is 580 g/mol. The van der Waals surface area contributed by atoms with Crippen LogP contribution in [-0.2, 0) is 28.4 Å². The monoisotopic (exact) mass is 630 g/mol. The van der Waals surface area contributed by atoms with Gasteiger partial charge < -0.3 is 79.5 Å². The summed E-state index contributed by atoms with van der Waals surface area (Å²) in [6.45, 7) is 1.32. The van der Waals surface area contributed by atoms with Gasteiger partial charge in [0, 0.05) is 6.61 Å². The topological polar surface area (TPSA) is 258 Å². The number of rotatable bonds is 15. The summed E-state index contributed by atoms with van der Waals surface area (Å²) >= 11 is 0. The van der Waals surface area contributed by atoms with Crippen LogP contribution in [-0.4, -0.2) is 169 Å². The zero-order valence-electron chi connectivity index (χ0n) is 24.6. The zero-order chi connectivity index (χ0) is 31.9. The van der Waals surface area contributed by atoms with E-state index < -0.39 is 111 Å². The van der Waals surface area contributed by atoms with Gasteiger partial charge in [-0.25, -0.2) is 0 Å². The van der Waals surface area contributed by atoms with Gasteiger partial charge in [0.05, 0.1) is 19.8 Å². The van der Waals surface area contributed by atoms with Gasteiger partial charge in [0.15, 0.2) is 18.9 Å². The van der Waals surface area contributed by atoms with Crippen molar-refractivity contribution >= 4 is 0 Å². The summed E-state index contributed by atoms with van der Waals surface area (Å²) in [6, 6.07) is 0. The zero-order valence-corrected chi connectivity index (χ0v) is 24.6. The fourth-order valence-electron chi connectivity index (χ4n) is 5.53. The molecule has 10 N–H and O–H groups in total. The standard InChI is InChI=1S/C27H50O16/c1-3-4-5-6-7-8-9-38-24-20(35)18(33)21(14(11-29)40-24)42-26-23(37)27(2,22(36)15(12-30)41-26)43-25-19(34)17(32)16(31)13(10-28)39-25/h13-26,28-37H,3-12H2,1-2H3/t13-,14-,15-,16+,17+,18-,19-,20-,21-,22+,23+,24-,25-,26+,27+/m1/s1. The molecule has 3 heterocycles. The van der Waals surface area contributed by atoms with E-state index in [1.165, 1.54) is 6.92 Å². The van der Waals surface area contributed by atoms with Crippen LogP contribution in [0.4, 0.5) is 0 Å². The molecule has 16 nitrogen and oxygen atoms in total. The van der Waals surface area contributed by atoms with Crippen molar-refractivity contribution in [1.29, 1.82) is 0 Å². The number of aliphatic hydroxyl groups is 10. The van der Waals surface area contributed by atoms with Crippen LogP contribution in [0, 0.1) is 0 Å². The molecule has 3 fully saturated rings. The van der Waals surface area contributed by atoms with Crippen molar-refractivity contribution in [3.8, 4) is 0 Å². The Kier molecular flexibility index (Phi) is 14.4. The summed E-state index contributed by atoms with van der Waals surface area (Å²) in [5.74, 6) is 0. The average molecular weight is 631 g/mol. The first-order valence-electron chi connectivity index (χ1n) is 14.9. The van der Waals surface area contributed by atoms with Crippen LogP contribution in [0.2, 0.25) is 0 Å². The number of ether oxygens (including phenoxy) is 6. The van der Waals surface area contributed by atoms with E-state index in [-0.39, 0.29) is 6.61 Å². The van der Waals surface area contributed by atoms with Gasteiger partial charge in [-0.05, 0) is 13.3 Å². The van der Waals surface area contributed by atoms with Crippen molar-refractivity contribution in [1.82, 2.24) is 0 Å². The van der Waals surface area contributed by atoms with E-state index in [9.17, 15) is 51.1 Å². The van der Waals surface area contributed by atoms with Crippen molar-refractivity contribution in [2.75, 3.05) is 26.4 Å². The van der Waals surface area contributed by atoms with Crippen molar-refractivity contribution in [3.63, 3.8) is 0 Å². The Hall–Kier alpha value is -0.640. The summed E-state index contributed by atoms with van der Waals surface area (Å²) in [6.07, 6.45) is -16.7. The molecule has 0 spiro atoms. The highest BCUT2D eigenvalue weighted by molar-refractivity contribution is 5.03. The van der Waals surface area contributed by atoms with Crippen molar-refractivity contribution in [2.24, 2.45) is 0 Å². The minimum Gasteiger partial charge on any atom is -0.394 e. The molecule has 3 aliphatic heterocycles. The molecule has 0 aromatic carbocycles. The molecule has 3 aliphatic rings. The van der Waals surface area contributed by atoms with Gasteiger partial charge >= 0.3 is 0 Å².